The quantitative estimate of drug-likeness (QED) is 0.852. The number of ether oxygens (including phenoxy) is 1. The number of hydrogen-bond acceptors (Lipinski definition) is 4. The monoisotopic (exact) mass is 335 g/mol. The van der Waals surface area contributed by atoms with E-state index in [1.165, 1.54) is 18.2 Å². The van der Waals surface area contributed by atoms with Gasteiger partial charge in [-0.25, -0.2) is 0 Å². The Morgan fingerprint density at radius 1 is 1.35 bits per heavy atom. The Morgan fingerprint density at radius 2 is 2.00 bits per heavy atom. The van der Waals surface area contributed by atoms with Crippen LogP contribution in [0.3, 0.4) is 0 Å². The molecule has 0 radical (unpaired) electrons. The van der Waals surface area contributed by atoms with Gasteiger partial charge in [-0.1, -0.05) is 30.7 Å². The molecule has 1 aromatic carbocycles. The lowest BCUT2D eigenvalue weighted by Crippen LogP contribution is -2.34. The van der Waals surface area contributed by atoms with Crippen molar-refractivity contribution in [2.45, 2.75) is 6.92 Å². The predicted octanol–water partition coefficient (Wildman–Crippen LogP) is 2.61. The van der Waals surface area contributed by atoms with Crippen LogP contribution in [0.1, 0.15) is 17.3 Å². The molecule has 1 amide bonds. The first-order valence-corrected chi connectivity index (χ1v) is 7.44. The Kier molecular flexibility index (Phi) is 5.39. The van der Waals surface area contributed by atoms with Gasteiger partial charge in [-0.05, 0) is 12.1 Å². The molecular formula is C16H18ClN3O3. The van der Waals surface area contributed by atoms with Gasteiger partial charge < -0.3 is 9.64 Å². The molecule has 1 heterocycles. The lowest BCUT2D eigenvalue weighted by molar-refractivity contribution is -0.145. The van der Waals surface area contributed by atoms with E-state index in [0.717, 1.165) is 5.56 Å². The van der Waals surface area contributed by atoms with Crippen molar-refractivity contribution in [2.75, 3.05) is 20.7 Å². The van der Waals surface area contributed by atoms with Crippen molar-refractivity contribution in [1.82, 2.24) is 15.1 Å². The molecule has 1 unspecified atom stereocenters. The summed E-state index contributed by atoms with van der Waals surface area (Å²) in [5.74, 6) is -0.978. The zero-order valence-corrected chi connectivity index (χ0v) is 13.9. The number of carbonyl (C=O) groups is 2. The largest absolute Gasteiger partial charge is 0.469 e. The van der Waals surface area contributed by atoms with E-state index in [1.54, 1.807) is 26.1 Å². The fourth-order valence-electron chi connectivity index (χ4n) is 2.26. The van der Waals surface area contributed by atoms with Gasteiger partial charge in [0.25, 0.3) is 5.91 Å². The maximum absolute atomic E-state index is 12.6. The molecule has 2 rings (SSSR count). The molecule has 1 aromatic heterocycles. The van der Waals surface area contributed by atoms with Gasteiger partial charge in [0.1, 0.15) is 0 Å². The number of halogens is 1. The maximum Gasteiger partial charge on any atom is 0.310 e. The van der Waals surface area contributed by atoms with E-state index in [-0.39, 0.29) is 18.4 Å². The number of aromatic nitrogens is 2. The minimum atomic E-state index is -0.403. The van der Waals surface area contributed by atoms with Crippen LogP contribution < -0.4 is 0 Å². The van der Waals surface area contributed by atoms with E-state index >= 15 is 0 Å². The van der Waals surface area contributed by atoms with E-state index in [4.69, 9.17) is 11.6 Å². The van der Waals surface area contributed by atoms with Crippen LogP contribution in [0.25, 0.3) is 11.3 Å². The van der Waals surface area contributed by atoms with Crippen LogP contribution in [0.5, 0.6) is 0 Å². The number of hydrogen-bond donors (Lipinski definition) is 1. The summed E-state index contributed by atoms with van der Waals surface area (Å²) >= 11 is 5.88. The van der Waals surface area contributed by atoms with Gasteiger partial charge in [0, 0.05) is 24.2 Å². The average molecular weight is 336 g/mol. The number of amides is 1. The Balaban J connectivity index is 2.19. The number of nitrogens with one attached hydrogen (secondary N) is 1. The van der Waals surface area contributed by atoms with Crippen molar-refractivity contribution < 1.29 is 14.3 Å². The molecule has 122 valence electrons. The summed E-state index contributed by atoms with van der Waals surface area (Å²) < 4.78 is 4.68. The van der Waals surface area contributed by atoms with Gasteiger partial charge in [-0.15, -0.1) is 0 Å². The summed E-state index contributed by atoms with van der Waals surface area (Å²) in [7, 11) is 2.97. The third kappa shape index (κ3) is 3.90. The fraction of sp³-hybridized carbons (Fsp3) is 0.312. The molecule has 0 bridgehead atoms. The highest BCUT2D eigenvalue weighted by Gasteiger charge is 2.23. The third-order valence-corrected chi connectivity index (χ3v) is 3.75. The Morgan fingerprint density at radius 3 is 2.61 bits per heavy atom. The van der Waals surface area contributed by atoms with Gasteiger partial charge >= 0.3 is 5.97 Å². The lowest BCUT2D eigenvalue weighted by atomic mass is 10.1. The number of aromatic amines is 1. The highest BCUT2D eigenvalue weighted by molar-refractivity contribution is 6.30. The maximum atomic E-state index is 12.6. The molecule has 0 aliphatic rings. The van der Waals surface area contributed by atoms with Gasteiger partial charge in [-0.2, -0.15) is 5.10 Å². The summed E-state index contributed by atoms with van der Waals surface area (Å²) in [6, 6.07) is 7.11. The van der Waals surface area contributed by atoms with Crippen molar-refractivity contribution in [2.24, 2.45) is 5.92 Å². The van der Waals surface area contributed by atoms with Crippen molar-refractivity contribution in [3.05, 3.63) is 41.0 Å². The zero-order valence-electron chi connectivity index (χ0n) is 13.2. The standard InChI is InChI=1S/C16H18ClN3O3/c1-10(16(22)23-3)9-20(2)15(21)13-8-18-19-14(13)11-4-6-12(17)7-5-11/h4-8,10H,9H2,1-3H3,(H,18,19). The highest BCUT2D eigenvalue weighted by atomic mass is 35.5. The first-order valence-electron chi connectivity index (χ1n) is 7.06. The van der Waals surface area contributed by atoms with Gasteiger partial charge in [0.2, 0.25) is 0 Å². The number of methoxy groups -OCH3 is 1. The van der Waals surface area contributed by atoms with Crippen molar-refractivity contribution in [3.63, 3.8) is 0 Å². The lowest BCUT2D eigenvalue weighted by Gasteiger charge is -2.20. The minimum absolute atomic E-state index is 0.223. The number of benzene rings is 1. The second-order valence-corrected chi connectivity index (χ2v) is 5.71. The smallest absolute Gasteiger partial charge is 0.310 e. The molecule has 6 nitrogen and oxygen atoms in total. The number of rotatable bonds is 5. The predicted molar refractivity (Wildman–Crippen MR) is 87.2 cm³/mol. The average Bonchev–Trinajstić information content (AvgIpc) is 3.03. The Labute approximate surface area is 139 Å². The Bertz CT molecular complexity index is 697. The third-order valence-electron chi connectivity index (χ3n) is 3.50. The van der Waals surface area contributed by atoms with Crippen LogP contribution in [0, 0.1) is 5.92 Å². The molecule has 0 saturated heterocycles. The molecule has 1 atom stereocenters. The molecule has 0 saturated carbocycles. The number of esters is 1. The normalized spacial score (nSPS) is 11.8. The summed E-state index contributed by atoms with van der Waals surface area (Å²) in [4.78, 5) is 25.6. The van der Waals surface area contributed by atoms with Gasteiger partial charge in [0.15, 0.2) is 0 Å². The topological polar surface area (TPSA) is 75.3 Å². The van der Waals surface area contributed by atoms with E-state index in [2.05, 4.69) is 14.9 Å². The molecule has 7 heteroatoms. The van der Waals surface area contributed by atoms with Crippen molar-refractivity contribution in [1.29, 1.82) is 0 Å². The van der Waals surface area contributed by atoms with Crippen LogP contribution in [0.15, 0.2) is 30.5 Å². The van der Waals surface area contributed by atoms with Crippen LogP contribution in [-0.2, 0) is 9.53 Å². The van der Waals surface area contributed by atoms with Crippen LogP contribution in [0.2, 0.25) is 5.02 Å². The molecule has 1 N–H and O–H groups in total. The summed E-state index contributed by atoms with van der Waals surface area (Å²) in [5, 5.41) is 7.41. The van der Waals surface area contributed by atoms with Crippen molar-refractivity contribution >= 4 is 23.5 Å². The number of carbonyl (C=O) groups excluding carboxylic acids is 2. The van der Waals surface area contributed by atoms with Crippen LogP contribution >= 0.6 is 11.6 Å². The van der Waals surface area contributed by atoms with Crippen LogP contribution in [-0.4, -0.2) is 47.7 Å². The summed E-state index contributed by atoms with van der Waals surface area (Å²) in [6.07, 6.45) is 1.48. The molecule has 0 spiro atoms. The van der Waals surface area contributed by atoms with E-state index < -0.39 is 5.92 Å². The Hall–Kier alpha value is -2.34. The molecule has 2 aromatic rings. The summed E-state index contributed by atoms with van der Waals surface area (Å²) in [6.45, 7) is 1.97. The second-order valence-electron chi connectivity index (χ2n) is 5.28. The molecular weight excluding hydrogens is 318 g/mol. The van der Waals surface area contributed by atoms with Crippen molar-refractivity contribution in [3.8, 4) is 11.3 Å². The number of nitrogens with zero attached hydrogens (tertiary/aromatic N) is 2. The fourth-order valence-corrected chi connectivity index (χ4v) is 2.39. The van der Waals surface area contributed by atoms with E-state index in [1.807, 2.05) is 12.1 Å². The molecule has 23 heavy (non-hydrogen) atoms. The second kappa shape index (κ2) is 7.28. The first-order chi connectivity index (χ1) is 10.9. The zero-order chi connectivity index (χ0) is 17.0. The minimum Gasteiger partial charge on any atom is -0.469 e. The molecule has 0 aliphatic heterocycles. The highest BCUT2D eigenvalue weighted by Crippen LogP contribution is 2.24. The number of H-pyrrole nitrogens is 1. The SMILES string of the molecule is COC(=O)C(C)CN(C)C(=O)c1cn[nH]c1-c1ccc(Cl)cc1. The van der Waals surface area contributed by atoms with E-state index in [9.17, 15) is 9.59 Å². The molecule has 0 fully saturated rings. The van der Waals surface area contributed by atoms with E-state index in [0.29, 0.717) is 16.3 Å². The summed E-state index contributed by atoms with van der Waals surface area (Å²) in [5.41, 5.74) is 1.86. The van der Waals surface area contributed by atoms with Gasteiger partial charge in [0.05, 0.1) is 30.5 Å². The first kappa shape index (κ1) is 17.0. The van der Waals surface area contributed by atoms with Crippen LogP contribution in [0.4, 0.5) is 0 Å². The van der Waals surface area contributed by atoms with Gasteiger partial charge in [-0.3, -0.25) is 14.7 Å². The molecule has 0 aliphatic carbocycles.